The molecule has 0 saturated heterocycles. The largest absolute Gasteiger partial charge is 0.389 e. The van der Waals surface area contributed by atoms with Gasteiger partial charge in [0.2, 0.25) is 11.8 Å². The second kappa shape index (κ2) is 5.83. The number of rotatable bonds is 3. The van der Waals surface area contributed by atoms with Gasteiger partial charge in [0.05, 0.1) is 5.69 Å². The number of amides is 1. The first kappa shape index (κ1) is 14.8. The first-order valence-electron chi connectivity index (χ1n) is 6.46. The number of anilines is 1. The van der Waals surface area contributed by atoms with E-state index in [9.17, 15) is 13.6 Å². The fourth-order valence-corrected chi connectivity index (χ4v) is 2.52. The maximum absolute atomic E-state index is 13.1. The summed E-state index contributed by atoms with van der Waals surface area (Å²) in [6, 6.07) is 6.94. The third kappa shape index (κ3) is 3.50. The van der Waals surface area contributed by atoms with Gasteiger partial charge in [0, 0.05) is 24.3 Å². The first-order chi connectivity index (χ1) is 9.39. The molecule has 3 N–H and O–H groups in total. The fourth-order valence-electron chi connectivity index (χ4n) is 2.34. The summed E-state index contributed by atoms with van der Waals surface area (Å²) in [6.45, 7) is 0. The summed E-state index contributed by atoms with van der Waals surface area (Å²) in [6.07, 6.45) is -0.0633. The Morgan fingerprint density at radius 3 is 2.50 bits per heavy atom. The number of benzene rings is 1. The average Bonchev–Trinajstić information content (AvgIpc) is 2.38. The van der Waals surface area contributed by atoms with Crippen LogP contribution in [0.3, 0.4) is 0 Å². The van der Waals surface area contributed by atoms with Crippen LogP contribution in [0.5, 0.6) is 0 Å². The first-order valence-corrected chi connectivity index (χ1v) is 6.87. The molecule has 0 aliphatic heterocycles. The van der Waals surface area contributed by atoms with E-state index in [2.05, 4.69) is 5.32 Å². The highest BCUT2D eigenvalue weighted by molar-refractivity contribution is 7.80. The lowest BCUT2D eigenvalue weighted by Crippen LogP contribution is -2.32. The number of halogens is 2. The second-order valence-electron chi connectivity index (χ2n) is 5.03. The number of nitrogens with two attached hydrogens (primary N) is 1. The van der Waals surface area contributed by atoms with Crippen LogP contribution < -0.4 is 11.1 Å². The predicted molar refractivity (Wildman–Crippen MR) is 77.9 cm³/mol. The van der Waals surface area contributed by atoms with E-state index in [1.54, 1.807) is 24.3 Å². The highest BCUT2D eigenvalue weighted by Crippen LogP contribution is 2.36. The van der Waals surface area contributed by atoms with E-state index < -0.39 is 5.92 Å². The average molecular weight is 298 g/mol. The smallest absolute Gasteiger partial charge is 0.248 e. The number of nitrogens with one attached hydrogen (secondary N) is 1. The van der Waals surface area contributed by atoms with Gasteiger partial charge in [-0.15, -0.1) is 0 Å². The van der Waals surface area contributed by atoms with Gasteiger partial charge < -0.3 is 11.1 Å². The van der Waals surface area contributed by atoms with Gasteiger partial charge in [0.1, 0.15) is 4.99 Å². The minimum atomic E-state index is -2.63. The molecular weight excluding hydrogens is 282 g/mol. The van der Waals surface area contributed by atoms with Crippen molar-refractivity contribution in [1.29, 1.82) is 0 Å². The molecule has 1 aliphatic rings. The van der Waals surface area contributed by atoms with Crippen molar-refractivity contribution in [1.82, 2.24) is 0 Å². The molecule has 0 bridgehead atoms. The summed E-state index contributed by atoms with van der Waals surface area (Å²) in [7, 11) is 0. The number of hydrogen-bond acceptors (Lipinski definition) is 2. The van der Waals surface area contributed by atoms with Gasteiger partial charge in [-0.1, -0.05) is 24.4 Å². The Bertz CT molecular complexity index is 524. The van der Waals surface area contributed by atoms with Gasteiger partial charge in [-0.2, -0.15) is 0 Å². The lowest BCUT2D eigenvalue weighted by molar-refractivity contribution is -0.124. The van der Waals surface area contributed by atoms with Crippen LogP contribution in [0.4, 0.5) is 14.5 Å². The summed E-state index contributed by atoms with van der Waals surface area (Å²) in [5, 5.41) is 2.74. The number of hydrogen-bond donors (Lipinski definition) is 2. The van der Waals surface area contributed by atoms with Gasteiger partial charge in [-0.05, 0) is 25.0 Å². The Morgan fingerprint density at radius 2 is 1.90 bits per heavy atom. The molecule has 0 heterocycles. The van der Waals surface area contributed by atoms with Crippen molar-refractivity contribution in [3.05, 3.63) is 29.8 Å². The van der Waals surface area contributed by atoms with Gasteiger partial charge in [-0.25, -0.2) is 8.78 Å². The number of carbonyl (C=O) groups is 1. The quantitative estimate of drug-likeness (QED) is 0.843. The maximum atomic E-state index is 13.1. The molecule has 20 heavy (non-hydrogen) atoms. The molecule has 3 nitrogen and oxygen atoms in total. The van der Waals surface area contributed by atoms with Crippen LogP contribution in [-0.4, -0.2) is 16.8 Å². The zero-order valence-corrected chi connectivity index (χ0v) is 11.7. The van der Waals surface area contributed by atoms with Crippen molar-refractivity contribution in [3.8, 4) is 0 Å². The Hall–Kier alpha value is -1.56. The van der Waals surface area contributed by atoms with Crippen molar-refractivity contribution < 1.29 is 13.6 Å². The molecule has 6 heteroatoms. The zero-order chi connectivity index (χ0) is 14.8. The number of alkyl halides is 2. The third-order valence-corrected chi connectivity index (χ3v) is 3.76. The topological polar surface area (TPSA) is 55.1 Å². The molecule has 1 amide bonds. The van der Waals surface area contributed by atoms with Gasteiger partial charge in [0.25, 0.3) is 0 Å². The molecule has 0 spiro atoms. The van der Waals surface area contributed by atoms with E-state index in [1.165, 1.54) is 0 Å². The molecule has 2 rings (SSSR count). The van der Waals surface area contributed by atoms with E-state index in [4.69, 9.17) is 18.0 Å². The van der Waals surface area contributed by atoms with Gasteiger partial charge >= 0.3 is 0 Å². The Kier molecular flexibility index (Phi) is 4.32. The normalized spacial score (nSPS) is 18.5. The van der Waals surface area contributed by atoms with Crippen LogP contribution in [0, 0.1) is 5.92 Å². The van der Waals surface area contributed by atoms with E-state index in [-0.39, 0.29) is 42.5 Å². The van der Waals surface area contributed by atoms with Crippen LogP contribution in [0.2, 0.25) is 0 Å². The Labute approximate surface area is 121 Å². The lowest BCUT2D eigenvalue weighted by Gasteiger charge is -2.27. The summed E-state index contributed by atoms with van der Waals surface area (Å²) in [5.41, 5.74) is 6.70. The predicted octanol–water partition coefficient (Wildman–Crippen LogP) is 3.08. The van der Waals surface area contributed by atoms with Crippen molar-refractivity contribution in [2.24, 2.45) is 11.7 Å². The van der Waals surface area contributed by atoms with Crippen molar-refractivity contribution in [3.63, 3.8) is 0 Å². The molecule has 0 radical (unpaired) electrons. The van der Waals surface area contributed by atoms with E-state index in [0.717, 1.165) is 0 Å². The molecule has 1 saturated carbocycles. The van der Waals surface area contributed by atoms with Crippen LogP contribution in [-0.2, 0) is 4.79 Å². The van der Waals surface area contributed by atoms with Crippen LogP contribution in [0.15, 0.2) is 24.3 Å². The molecular formula is C14H16F2N2OS. The van der Waals surface area contributed by atoms with Crippen molar-refractivity contribution >= 4 is 28.8 Å². The minimum absolute atomic E-state index is 0.191. The monoisotopic (exact) mass is 298 g/mol. The van der Waals surface area contributed by atoms with Crippen LogP contribution in [0.1, 0.15) is 31.2 Å². The van der Waals surface area contributed by atoms with Crippen LogP contribution >= 0.6 is 12.2 Å². The molecule has 0 unspecified atom stereocenters. The number of para-hydroxylation sites is 1. The second-order valence-corrected chi connectivity index (χ2v) is 5.47. The fraction of sp³-hybridized carbons (Fsp3) is 0.429. The molecule has 1 aliphatic carbocycles. The maximum Gasteiger partial charge on any atom is 0.248 e. The minimum Gasteiger partial charge on any atom is -0.389 e. The summed E-state index contributed by atoms with van der Waals surface area (Å²) < 4.78 is 26.1. The molecule has 1 fully saturated rings. The van der Waals surface area contributed by atoms with Crippen molar-refractivity contribution in [2.75, 3.05) is 5.32 Å². The SMILES string of the molecule is NC(=S)c1ccccc1NC(=O)C1CCC(F)(F)CC1. The van der Waals surface area contributed by atoms with Crippen LogP contribution in [0.25, 0.3) is 0 Å². The molecule has 0 aromatic heterocycles. The Balaban J connectivity index is 2.04. The van der Waals surface area contributed by atoms with Gasteiger partial charge in [-0.3, -0.25) is 4.79 Å². The summed E-state index contributed by atoms with van der Waals surface area (Å²) >= 11 is 4.92. The Morgan fingerprint density at radius 1 is 1.30 bits per heavy atom. The van der Waals surface area contributed by atoms with Gasteiger partial charge in [0.15, 0.2) is 0 Å². The molecule has 1 aromatic rings. The standard InChI is InChI=1S/C14H16F2N2OS/c15-14(16)7-5-9(6-8-14)13(19)18-11-4-2-1-3-10(11)12(17)20/h1-4,9H,5-8H2,(H2,17,20)(H,18,19). The van der Waals surface area contributed by atoms with Crippen molar-refractivity contribution in [2.45, 2.75) is 31.6 Å². The lowest BCUT2D eigenvalue weighted by atomic mass is 9.86. The molecule has 1 aromatic carbocycles. The number of carbonyl (C=O) groups excluding carboxylic acids is 1. The highest BCUT2D eigenvalue weighted by atomic mass is 32.1. The highest BCUT2D eigenvalue weighted by Gasteiger charge is 2.37. The van der Waals surface area contributed by atoms with E-state index in [1.807, 2.05) is 0 Å². The number of thiocarbonyl (C=S) groups is 1. The third-order valence-electron chi connectivity index (χ3n) is 3.54. The zero-order valence-electron chi connectivity index (χ0n) is 10.9. The molecule has 108 valence electrons. The summed E-state index contributed by atoms with van der Waals surface area (Å²) in [4.78, 5) is 12.3. The van der Waals surface area contributed by atoms with E-state index in [0.29, 0.717) is 11.3 Å². The summed E-state index contributed by atoms with van der Waals surface area (Å²) in [5.74, 6) is -3.26. The molecule has 0 atom stereocenters. The van der Waals surface area contributed by atoms with E-state index >= 15 is 0 Å².